The third-order valence-corrected chi connectivity index (χ3v) is 2.28. The SMILES string of the molecule is CC(C)=CCOc1c[nH]c2ccccc12. The van der Waals surface area contributed by atoms with E-state index < -0.39 is 0 Å². The van der Waals surface area contributed by atoms with Gasteiger partial charge in [-0.05, 0) is 32.1 Å². The molecule has 15 heavy (non-hydrogen) atoms. The van der Waals surface area contributed by atoms with Crippen LogP contribution >= 0.6 is 0 Å². The number of benzene rings is 1. The largest absolute Gasteiger partial charge is 0.487 e. The third-order valence-electron chi connectivity index (χ3n) is 2.28. The molecule has 0 saturated heterocycles. The van der Waals surface area contributed by atoms with E-state index in [1.807, 2.05) is 24.4 Å². The fourth-order valence-electron chi connectivity index (χ4n) is 1.46. The van der Waals surface area contributed by atoms with Crippen LogP contribution in [0.4, 0.5) is 0 Å². The monoisotopic (exact) mass is 201 g/mol. The minimum absolute atomic E-state index is 0.629. The van der Waals surface area contributed by atoms with Crippen molar-refractivity contribution in [2.75, 3.05) is 6.61 Å². The highest BCUT2D eigenvalue weighted by atomic mass is 16.5. The number of rotatable bonds is 3. The van der Waals surface area contributed by atoms with Crippen molar-refractivity contribution in [3.8, 4) is 5.75 Å². The fraction of sp³-hybridized carbons (Fsp3) is 0.231. The quantitative estimate of drug-likeness (QED) is 0.755. The molecule has 0 spiro atoms. The second kappa shape index (κ2) is 4.22. The van der Waals surface area contributed by atoms with Crippen LogP contribution in [-0.2, 0) is 0 Å². The molecule has 1 aromatic heterocycles. The molecule has 0 aliphatic carbocycles. The minimum atomic E-state index is 0.629. The van der Waals surface area contributed by atoms with E-state index in [4.69, 9.17) is 4.74 Å². The number of aromatic amines is 1. The Labute approximate surface area is 89.6 Å². The van der Waals surface area contributed by atoms with E-state index in [2.05, 4.69) is 31.0 Å². The number of nitrogens with one attached hydrogen (secondary N) is 1. The molecule has 1 N–H and O–H groups in total. The van der Waals surface area contributed by atoms with E-state index in [-0.39, 0.29) is 0 Å². The molecular weight excluding hydrogens is 186 g/mol. The van der Waals surface area contributed by atoms with Gasteiger partial charge in [0.2, 0.25) is 0 Å². The molecular formula is C13H15NO. The predicted molar refractivity (Wildman–Crippen MR) is 63.2 cm³/mol. The van der Waals surface area contributed by atoms with E-state index in [0.717, 1.165) is 16.7 Å². The van der Waals surface area contributed by atoms with Crippen molar-refractivity contribution < 1.29 is 4.74 Å². The molecule has 0 bridgehead atoms. The Kier molecular flexibility index (Phi) is 2.77. The average molecular weight is 201 g/mol. The molecule has 1 aromatic carbocycles. The summed E-state index contributed by atoms with van der Waals surface area (Å²) in [6, 6.07) is 8.13. The number of allylic oxidation sites excluding steroid dienone is 1. The zero-order valence-corrected chi connectivity index (χ0v) is 9.08. The number of hydrogen-bond donors (Lipinski definition) is 1. The van der Waals surface area contributed by atoms with Crippen molar-refractivity contribution in [3.63, 3.8) is 0 Å². The molecule has 2 heteroatoms. The number of aromatic nitrogens is 1. The molecule has 2 aromatic rings. The van der Waals surface area contributed by atoms with E-state index in [1.54, 1.807) is 0 Å². The number of para-hydroxylation sites is 1. The third kappa shape index (κ3) is 2.21. The summed E-state index contributed by atoms with van der Waals surface area (Å²) in [5, 5.41) is 1.14. The van der Waals surface area contributed by atoms with Gasteiger partial charge in [0.05, 0.1) is 0 Å². The van der Waals surface area contributed by atoms with Gasteiger partial charge in [-0.2, -0.15) is 0 Å². The van der Waals surface area contributed by atoms with Gasteiger partial charge in [-0.15, -0.1) is 0 Å². The summed E-state index contributed by atoms with van der Waals surface area (Å²) >= 11 is 0. The highest BCUT2D eigenvalue weighted by Crippen LogP contribution is 2.24. The Morgan fingerprint density at radius 1 is 1.33 bits per heavy atom. The van der Waals surface area contributed by atoms with Crippen LogP contribution in [0.1, 0.15) is 13.8 Å². The first-order valence-corrected chi connectivity index (χ1v) is 5.09. The molecule has 0 aliphatic rings. The highest BCUT2D eigenvalue weighted by molar-refractivity contribution is 5.85. The number of H-pyrrole nitrogens is 1. The van der Waals surface area contributed by atoms with Crippen molar-refractivity contribution in [1.82, 2.24) is 4.98 Å². The number of fused-ring (bicyclic) bond motifs is 1. The Hall–Kier alpha value is -1.70. The van der Waals surface area contributed by atoms with E-state index >= 15 is 0 Å². The maximum atomic E-state index is 5.66. The number of ether oxygens (including phenoxy) is 1. The van der Waals surface area contributed by atoms with Gasteiger partial charge < -0.3 is 9.72 Å². The molecule has 2 rings (SSSR count). The lowest BCUT2D eigenvalue weighted by Gasteiger charge is -2.00. The van der Waals surface area contributed by atoms with Crippen molar-refractivity contribution in [2.45, 2.75) is 13.8 Å². The van der Waals surface area contributed by atoms with Crippen LogP contribution in [-0.4, -0.2) is 11.6 Å². The Morgan fingerprint density at radius 2 is 2.13 bits per heavy atom. The van der Waals surface area contributed by atoms with Crippen molar-refractivity contribution in [2.24, 2.45) is 0 Å². The summed E-state index contributed by atoms with van der Waals surface area (Å²) < 4.78 is 5.66. The second-order valence-corrected chi connectivity index (χ2v) is 3.79. The van der Waals surface area contributed by atoms with Crippen LogP contribution < -0.4 is 4.74 Å². The molecule has 0 unspecified atom stereocenters. The van der Waals surface area contributed by atoms with E-state index in [0.29, 0.717) is 6.61 Å². The molecule has 1 heterocycles. The molecule has 0 aliphatic heterocycles. The first-order valence-electron chi connectivity index (χ1n) is 5.09. The van der Waals surface area contributed by atoms with Gasteiger partial charge in [0.1, 0.15) is 12.4 Å². The van der Waals surface area contributed by atoms with Gasteiger partial charge >= 0.3 is 0 Å². The molecule has 0 saturated carbocycles. The second-order valence-electron chi connectivity index (χ2n) is 3.79. The lowest BCUT2D eigenvalue weighted by molar-refractivity contribution is 0.366. The zero-order valence-electron chi connectivity index (χ0n) is 9.08. The summed E-state index contributed by atoms with van der Waals surface area (Å²) in [4.78, 5) is 3.18. The molecule has 0 atom stereocenters. The summed E-state index contributed by atoms with van der Waals surface area (Å²) in [6.07, 6.45) is 3.98. The van der Waals surface area contributed by atoms with Crippen LogP contribution in [0, 0.1) is 0 Å². The van der Waals surface area contributed by atoms with Crippen LogP contribution in [0.2, 0.25) is 0 Å². The lowest BCUT2D eigenvalue weighted by Crippen LogP contribution is -1.92. The zero-order chi connectivity index (χ0) is 10.7. The summed E-state index contributed by atoms with van der Waals surface area (Å²) in [5.41, 5.74) is 2.39. The average Bonchev–Trinajstić information content (AvgIpc) is 2.62. The van der Waals surface area contributed by atoms with E-state index in [9.17, 15) is 0 Å². The van der Waals surface area contributed by atoms with Crippen LogP contribution in [0.15, 0.2) is 42.1 Å². The van der Waals surface area contributed by atoms with Gasteiger partial charge in [0, 0.05) is 17.1 Å². The van der Waals surface area contributed by atoms with Crippen LogP contribution in [0.25, 0.3) is 10.9 Å². The maximum Gasteiger partial charge on any atom is 0.145 e. The molecule has 0 amide bonds. The Balaban J connectivity index is 2.18. The summed E-state index contributed by atoms with van der Waals surface area (Å²) in [6.45, 7) is 4.77. The predicted octanol–water partition coefficient (Wildman–Crippen LogP) is 3.51. The topological polar surface area (TPSA) is 25.0 Å². The normalized spacial score (nSPS) is 10.3. The highest BCUT2D eigenvalue weighted by Gasteiger charge is 2.01. The van der Waals surface area contributed by atoms with Gasteiger partial charge in [-0.25, -0.2) is 0 Å². The van der Waals surface area contributed by atoms with Crippen LogP contribution in [0.5, 0.6) is 5.75 Å². The first-order chi connectivity index (χ1) is 7.27. The van der Waals surface area contributed by atoms with Crippen LogP contribution in [0.3, 0.4) is 0 Å². The Bertz CT molecular complexity index is 478. The summed E-state index contributed by atoms with van der Waals surface area (Å²) in [7, 11) is 0. The van der Waals surface area contributed by atoms with Gasteiger partial charge in [0.15, 0.2) is 0 Å². The van der Waals surface area contributed by atoms with Gasteiger partial charge in [0.25, 0.3) is 0 Å². The standard InChI is InChI=1S/C13H15NO/c1-10(2)7-8-15-13-9-14-12-6-4-3-5-11(12)13/h3-7,9,14H,8H2,1-2H3. The molecule has 0 fully saturated rings. The Morgan fingerprint density at radius 3 is 2.93 bits per heavy atom. The van der Waals surface area contributed by atoms with Crippen molar-refractivity contribution in [1.29, 1.82) is 0 Å². The van der Waals surface area contributed by atoms with Gasteiger partial charge in [-0.3, -0.25) is 0 Å². The fourth-order valence-corrected chi connectivity index (χ4v) is 1.46. The summed E-state index contributed by atoms with van der Waals surface area (Å²) in [5.74, 6) is 0.920. The molecule has 0 radical (unpaired) electrons. The smallest absolute Gasteiger partial charge is 0.145 e. The number of hydrogen-bond acceptors (Lipinski definition) is 1. The lowest BCUT2D eigenvalue weighted by atomic mass is 10.2. The van der Waals surface area contributed by atoms with Crippen molar-refractivity contribution in [3.05, 3.63) is 42.1 Å². The first kappa shape index (κ1) is 9.84. The van der Waals surface area contributed by atoms with E-state index in [1.165, 1.54) is 5.57 Å². The maximum absolute atomic E-state index is 5.66. The van der Waals surface area contributed by atoms with Gasteiger partial charge in [-0.1, -0.05) is 17.7 Å². The molecule has 78 valence electrons. The molecule has 2 nitrogen and oxygen atoms in total. The minimum Gasteiger partial charge on any atom is -0.487 e. The van der Waals surface area contributed by atoms with Crippen molar-refractivity contribution >= 4 is 10.9 Å².